The average Bonchev–Trinajstić information content (AvgIpc) is 2.05. The highest BCUT2D eigenvalue weighted by Crippen LogP contribution is 2.20. The second kappa shape index (κ2) is 5.06. The van der Waals surface area contributed by atoms with Gasteiger partial charge >= 0.3 is 0 Å². The highest BCUT2D eigenvalue weighted by molar-refractivity contribution is 14.1. The van der Waals surface area contributed by atoms with Crippen LogP contribution in [0.3, 0.4) is 0 Å². The van der Waals surface area contributed by atoms with Gasteiger partial charge in [-0.25, -0.2) is 21.2 Å². The third-order valence-electron chi connectivity index (χ3n) is 1.57. The van der Waals surface area contributed by atoms with Crippen molar-refractivity contribution < 1.29 is 21.2 Å². The molecule has 0 aromatic heterocycles. The number of hydrogen-bond donors (Lipinski definition) is 1. The predicted molar refractivity (Wildman–Crippen MR) is 71.4 cm³/mol. The van der Waals surface area contributed by atoms with E-state index in [9.17, 15) is 21.2 Å². The van der Waals surface area contributed by atoms with Crippen molar-refractivity contribution in [3.63, 3.8) is 0 Å². The maximum atomic E-state index is 12.8. The van der Waals surface area contributed by atoms with Gasteiger partial charge in [-0.05, 0) is 40.8 Å². The van der Waals surface area contributed by atoms with Crippen molar-refractivity contribution in [2.24, 2.45) is 0 Å². The largest absolute Gasteiger partial charge is 0.282 e. The van der Waals surface area contributed by atoms with E-state index in [1.165, 1.54) is 6.07 Å². The number of sulfonamides is 1. The zero-order chi connectivity index (χ0) is 13.3. The minimum Gasteiger partial charge on any atom is -0.282 e. The van der Waals surface area contributed by atoms with Crippen LogP contribution in [0.25, 0.3) is 0 Å². The molecule has 0 radical (unpaired) electrons. The number of anilines is 1. The third kappa shape index (κ3) is 5.17. The van der Waals surface area contributed by atoms with Crippen molar-refractivity contribution in [3.05, 3.63) is 27.6 Å². The molecule has 0 bridgehead atoms. The molecule has 0 heterocycles. The second-order valence-electron chi connectivity index (χ2n) is 3.38. The fraction of sp³-hybridized carbons (Fsp3) is 0.250. The topological polar surface area (TPSA) is 80.3 Å². The number of halogens is 2. The molecule has 1 rings (SSSR count). The van der Waals surface area contributed by atoms with E-state index in [-0.39, 0.29) is 5.69 Å². The molecule has 0 saturated carbocycles. The zero-order valence-corrected chi connectivity index (χ0v) is 12.4. The summed E-state index contributed by atoms with van der Waals surface area (Å²) in [7, 11) is -7.64. The lowest BCUT2D eigenvalue weighted by atomic mass is 10.3. The summed E-state index contributed by atoms with van der Waals surface area (Å²) in [6, 6.07) is 3.45. The van der Waals surface area contributed by atoms with Crippen LogP contribution in [0.1, 0.15) is 0 Å². The van der Waals surface area contributed by atoms with E-state index in [1.807, 2.05) is 0 Å². The molecule has 5 nitrogen and oxygen atoms in total. The third-order valence-corrected chi connectivity index (χ3v) is 5.94. The monoisotopic (exact) mass is 393 g/mol. The van der Waals surface area contributed by atoms with Gasteiger partial charge < -0.3 is 0 Å². The minimum absolute atomic E-state index is 0.149. The summed E-state index contributed by atoms with van der Waals surface area (Å²) in [5.41, 5.74) is 0.149. The maximum Gasteiger partial charge on any atom is 0.247 e. The molecule has 0 atom stereocenters. The van der Waals surface area contributed by atoms with E-state index in [2.05, 4.69) is 4.72 Å². The van der Waals surface area contributed by atoms with Gasteiger partial charge in [-0.3, -0.25) is 4.72 Å². The fourth-order valence-corrected chi connectivity index (χ4v) is 4.85. The molecule has 0 spiro atoms. The van der Waals surface area contributed by atoms with Crippen LogP contribution in [0, 0.1) is 9.39 Å². The Morgan fingerprint density at radius 3 is 2.35 bits per heavy atom. The first-order valence-corrected chi connectivity index (χ1v) is 9.01. The van der Waals surface area contributed by atoms with E-state index in [0.717, 1.165) is 18.4 Å². The summed E-state index contributed by atoms with van der Waals surface area (Å²) in [5, 5.41) is -1.01. The Balaban J connectivity index is 2.99. The molecule has 0 unspecified atom stereocenters. The van der Waals surface area contributed by atoms with Crippen LogP contribution in [0.2, 0.25) is 0 Å². The molecule has 0 aliphatic carbocycles. The number of nitrogens with one attached hydrogen (secondary N) is 1. The molecule has 0 amide bonds. The Hall–Kier alpha value is -0.420. The van der Waals surface area contributed by atoms with E-state index >= 15 is 0 Å². The first-order chi connectivity index (χ1) is 7.59. The molecule has 0 saturated heterocycles. The standard InChI is InChI=1S/C8H9FINO4S2/c1-16(12,13)5-17(14,15)11-8-3-2-6(9)4-7(8)10/h2-4,11H,5H2,1H3. The van der Waals surface area contributed by atoms with Crippen LogP contribution >= 0.6 is 22.6 Å². The van der Waals surface area contributed by atoms with Crippen LogP contribution in [0.15, 0.2) is 18.2 Å². The lowest BCUT2D eigenvalue weighted by Gasteiger charge is -2.08. The van der Waals surface area contributed by atoms with E-state index in [1.54, 1.807) is 22.6 Å². The van der Waals surface area contributed by atoms with Crippen molar-refractivity contribution in [1.82, 2.24) is 0 Å². The van der Waals surface area contributed by atoms with E-state index < -0.39 is 30.8 Å². The lowest BCUT2D eigenvalue weighted by Crippen LogP contribution is -2.22. The summed E-state index contributed by atoms with van der Waals surface area (Å²) >= 11 is 1.75. The fourth-order valence-electron chi connectivity index (χ4n) is 1.05. The smallest absolute Gasteiger partial charge is 0.247 e. The van der Waals surface area contributed by atoms with Crippen molar-refractivity contribution in [3.8, 4) is 0 Å². The Morgan fingerprint density at radius 1 is 1.29 bits per heavy atom. The highest BCUT2D eigenvalue weighted by atomic mass is 127. The first-order valence-electron chi connectivity index (χ1n) is 4.22. The molecule has 0 fully saturated rings. The van der Waals surface area contributed by atoms with Gasteiger partial charge in [0.25, 0.3) is 0 Å². The van der Waals surface area contributed by atoms with E-state index in [0.29, 0.717) is 3.57 Å². The Bertz CT molecular complexity index is 627. The van der Waals surface area contributed by atoms with Gasteiger partial charge in [0, 0.05) is 9.83 Å². The van der Waals surface area contributed by atoms with Crippen molar-refractivity contribution in [2.45, 2.75) is 0 Å². The molecule has 1 aromatic carbocycles. The summed E-state index contributed by atoms with van der Waals surface area (Å²) < 4.78 is 59.9. The minimum atomic E-state index is -3.99. The second-order valence-corrected chi connectivity index (χ2v) is 8.77. The summed E-state index contributed by atoms with van der Waals surface area (Å²) in [6.07, 6.45) is 0.821. The van der Waals surface area contributed by atoms with Crippen molar-refractivity contribution in [1.29, 1.82) is 0 Å². The number of hydrogen-bond acceptors (Lipinski definition) is 4. The number of benzene rings is 1. The Labute approximate surface area is 113 Å². The maximum absolute atomic E-state index is 12.8. The highest BCUT2D eigenvalue weighted by Gasteiger charge is 2.19. The van der Waals surface area contributed by atoms with Gasteiger partial charge in [-0.15, -0.1) is 0 Å². The molecular formula is C8H9FINO4S2. The molecule has 96 valence electrons. The first kappa shape index (κ1) is 14.6. The summed E-state index contributed by atoms with van der Waals surface area (Å²) in [5.74, 6) is -0.500. The number of rotatable bonds is 4. The van der Waals surface area contributed by atoms with Gasteiger partial charge in [-0.1, -0.05) is 0 Å². The van der Waals surface area contributed by atoms with Crippen LogP contribution in [0.4, 0.5) is 10.1 Å². The van der Waals surface area contributed by atoms with Gasteiger partial charge in [0.2, 0.25) is 10.0 Å². The molecule has 1 N–H and O–H groups in total. The molecule has 9 heteroatoms. The van der Waals surface area contributed by atoms with Crippen LogP contribution < -0.4 is 4.72 Å². The lowest BCUT2D eigenvalue weighted by molar-refractivity contribution is 0.594. The van der Waals surface area contributed by atoms with Crippen LogP contribution in [-0.2, 0) is 19.9 Å². The molecule has 17 heavy (non-hydrogen) atoms. The summed E-state index contributed by atoms with van der Waals surface area (Å²) in [6.45, 7) is 0. The number of sulfone groups is 1. The van der Waals surface area contributed by atoms with Gasteiger partial charge in [0.05, 0.1) is 5.69 Å². The van der Waals surface area contributed by atoms with Gasteiger partial charge in [0.15, 0.2) is 14.9 Å². The summed E-state index contributed by atoms with van der Waals surface area (Å²) in [4.78, 5) is 0. The normalized spacial score (nSPS) is 12.4. The molecule has 0 aliphatic heterocycles. The predicted octanol–water partition coefficient (Wildman–Crippen LogP) is 1.17. The van der Waals surface area contributed by atoms with Gasteiger partial charge in [0.1, 0.15) is 5.82 Å². The molecule has 0 aliphatic rings. The Morgan fingerprint density at radius 2 is 1.88 bits per heavy atom. The quantitative estimate of drug-likeness (QED) is 0.780. The van der Waals surface area contributed by atoms with Gasteiger partial charge in [-0.2, -0.15) is 0 Å². The molecular weight excluding hydrogens is 384 g/mol. The van der Waals surface area contributed by atoms with Crippen molar-refractivity contribution in [2.75, 3.05) is 16.1 Å². The Kier molecular flexibility index (Phi) is 4.36. The SMILES string of the molecule is CS(=O)(=O)CS(=O)(=O)Nc1ccc(F)cc1I. The molecule has 1 aromatic rings. The van der Waals surface area contributed by atoms with E-state index in [4.69, 9.17) is 0 Å². The zero-order valence-electron chi connectivity index (χ0n) is 8.64. The van der Waals surface area contributed by atoms with Crippen molar-refractivity contribution >= 4 is 48.1 Å². The van der Waals surface area contributed by atoms with Crippen LogP contribution in [0.5, 0.6) is 0 Å². The average molecular weight is 393 g/mol. The van der Waals surface area contributed by atoms with Crippen LogP contribution in [-0.4, -0.2) is 28.2 Å².